The van der Waals surface area contributed by atoms with E-state index in [4.69, 9.17) is 0 Å². The summed E-state index contributed by atoms with van der Waals surface area (Å²) >= 11 is 0. The SMILES string of the molecule is Cc1[nH]c2ccccc2c1C(=O)CC1CCNC1. The molecule has 1 atom stereocenters. The second-order valence-electron chi connectivity index (χ2n) is 5.16. The molecule has 2 aromatic rings. The van der Waals surface area contributed by atoms with Crippen LogP contribution in [0.2, 0.25) is 0 Å². The smallest absolute Gasteiger partial charge is 0.165 e. The standard InChI is InChI=1S/C15H18N2O/c1-10-15(12-4-2-3-5-13(12)17-10)14(18)8-11-6-7-16-9-11/h2-5,11,16-17H,6-9H2,1H3. The predicted molar refractivity (Wildman–Crippen MR) is 73.0 cm³/mol. The monoisotopic (exact) mass is 242 g/mol. The first-order valence-electron chi connectivity index (χ1n) is 6.57. The maximum Gasteiger partial charge on any atom is 0.165 e. The van der Waals surface area contributed by atoms with Gasteiger partial charge in [-0.3, -0.25) is 4.79 Å². The third-order valence-corrected chi connectivity index (χ3v) is 3.81. The first kappa shape index (κ1) is 11.5. The molecule has 1 fully saturated rings. The molecule has 0 saturated carbocycles. The van der Waals surface area contributed by atoms with Crippen molar-refractivity contribution in [2.24, 2.45) is 5.92 Å². The summed E-state index contributed by atoms with van der Waals surface area (Å²) in [6.07, 6.45) is 1.78. The van der Waals surface area contributed by atoms with Crippen LogP contribution in [-0.2, 0) is 0 Å². The number of H-pyrrole nitrogens is 1. The van der Waals surface area contributed by atoms with Crippen molar-refractivity contribution in [1.29, 1.82) is 0 Å². The van der Waals surface area contributed by atoms with E-state index in [1.165, 1.54) is 0 Å². The van der Waals surface area contributed by atoms with E-state index in [0.29, 0.717) is 12.3 Å². The van der Waals surface area contributed by atoms with Gasteiger partial charge in [0.15, 0.2) is 5.78 Å². The van der Waals surface area contributed by atoms with Crippen molar-refractivity contribution in [1.82, 2.24) is 10.3 Å². The number of Topliss-reactive ketones (excluding diaryl/α,β-unsaturated/α-hetero) is 1. The Bertz CT molecular complexity index is 579. The van der Waals surface area contributed by atoms with Crippen LogP contribution in [-0.4, -0.2) is 23.9 Å². The predicted octanol–water partition coefficient (Wildman–Crippen LogP) is 2.66. The molecule has 1 saturated heterocycles. The van der Waals surface area contributed by atoms with E-state index in [1.54, 1.807) is 0 Å². The summed E-state index contributed by atoms with van der Waals surface area (Å²) < 4.78 is 0. The maximum atomic E-state index is 12.4. The lowest BCUT2D eigenvalue weighted by molar-refractivity contribution is 0.0965. The van der Waals surface area contributed by atoms with E-state index in [1.807, 2.05) is 31.2 Å². The Kier molecular flexibility index (Phi) is 2.92. The lowest BCUT2D eigenvalue weighted by Crippen LogP contribution is -2.13. The Hall–Kier alpha value is -1.61. The van der Waals surface area contributed by atoms with E-state index in [9.17, 15) is 4.79 Å². The molecule has 2 N–H and O–H groups in total. The van der Waals surface area contributed by atoms with E-state index in [0.717, 1.165) is 41.7 Å². The zero-order valence-electron chi connectivity index (χ0n) is 10.6. The first-order valence-corrected chi connectivity index (χ1v) is 6.57. The van der Waals surface area contributed by atoms with Crippen molar-refractivity contribution in [3.05, 3.63) is 35.5 Å². The Balaban J connectivity index is 1.92. The number of rotatable bonds is 3. The highest BCUT2D eigenvalue weighted by Gasteiger charge is 2.22. The lowest BCUT2D eigenvalue weighted by atomic mass is 9.96. The number of hydrogen-bond acceptors (Lipinski definition) is 2. The number of benzene rings is 1. The zero-order chi connectivity index (χ0) is 12.5. The van der Waals surface area contributed by atoms with Gasteiger partial charge < -0.3 is 10.3 Å². The summed E-state index contributed by atoms with van der Waals surface area (Å²) in [5.41, 5.74) is 2.94. The number of nitrogens with one attached hydrogen (secondary N) is 2. The van der Waals surface area contributed by atoms with Crippen LogP contribution in [0.4, 0.5) is 0 Å². The molecule has 0 aliphatic carbocycles. The molecule has 3 rings (SSSR count). The third-order valence-electron chi connectivity index (χ3n) is 3.81. The fraction of sp³-hybridized carbons (Fsp3) is 0.400. The number of ketones is 1. The number of aromatic nitrogens is 1. The molecule has 0 radical (unpaired) electrons. The fourth-order valence-electron chi connectivity index (χ4n) is 2.89. The molecular weight excluding hydrogens is 224 g/mol. The van der Waals surface area contributed by atoms with Gasteiger partial charge in [0.2, 0.25) is 0 Å². The number of carbonyl (C=O) groups excluding carboxylic acids is 1. The second-order valence-corrected chi connectivity index (χ2v) is 5.16. The minimum atomic E-state index is 0.277. The van der Waals surface area contributed by atoms with E-state index in [2.05, 4.69) is 10.3 Å². The van der Waals surface area contributed by atoms with Crippen molar-refractivity contribution in [2.45, 2.75) is 19.8 Å². The molecule has 1 aliphatic heterocycles. The van der Waals surface area contributed by atoms with Gasteiger partial charge in [0, 0.05) is 28.6 Å². The molecule has 3 nitrogen and oxygen atoms in total. The Morgan fingerprint density at radius 1 is 1.39 bits per heavy atom. The number of fused-ring (bicyclic) bond motifs is 1. The molecule has 0 bridgehead atoms. The minimum absolute atomic E-state index is 0.277. The van der Waals surface area contributed by atoms with Gasteiger partial charge >= 0.3 is 0 Å². The van der Waals surface area contributed by atoms with Crippen molar-refractivity contribution in [3.63, 3.8) is 0 Å². The van der Waals surface area contributed by atoms with Crippen LogP contribution in [0, 0.1) is 12.8 Å². The highest BCUT2D eigenvalue weighted by atomic mass is 16.1. The molecule has 1 aliphatic rings. The quantitative estimate of drug-likeness (QED) is 0.813. The van der Waals surface area contributed by atoms with Gasteiger partial charge in [-0.1, -0.05) is 18.2 Å². The van der Waals surface area contributed by atoms with Crippen LogP contribution in [0.25, 0.3) is 10.9 Å². The van der Waals surface area contributed by atoms with E-state index in [-0.39, 0.29) is 5.78 Å². The largest absolute Gasteiger partial charge is 0.358 e. The van der Waals surface area contributed by atoms with Crippen LogP contribution in [0.15, 0.2) is 24.3 Å². The maximum absolute atomic E-state index is 12.4. The second kappa shape index (κ2) is 4.58. The molecule has 18 heavy (non-hydrogen) atoms. The number of carbonyl (C=O) groups is 1. The molecule has 0 amide bonds. The minimum Gasteiger partial charge on any atom is -0.358 e. The average molecular weight is 242 g/mol. The number of aromatic amines is 1. The van der Waals surface area contributed by atoms with E-state index >= 15 is 0 Å². The van der Waals surface area contributed by atoms with Gasteiger partial charge in [0.05, 0.1) is 0 Å². The zero-order valence-corrected chi connectivity index (χ0v) is 10.6. The van der Waals surface area contributed by atoms with Gasteiger partial charge in [0.25, 0.3) is 0 Å². The summed E-state index contributed by atoms with van der Waals surface area (Å²) in [5, 5.41) is 4.38. The fourth-order valence-corrected chi connectivity index (χ4v) is 2.89. The summed E-state index contributed by atoms with van der Waals surface area (Å²) in [6, 6.07) is 8.03. The van der Waals surface area contributed by atoms with Gasteiger partial charge in [-0.25, -0.2) is 0 Å². The van der Waals surface area contributed by atoms with Gasteiger partial charge in [0.1, 0.15) is 0 Å². The molecule has 2 heterocycles. The first-order chi connectivity index (χ1) is 8.75. The summed E-state index contributed by atoms with van der Waals surface area (Å²) in [6.45, 7) is 4.01. The summed E-state index contributed by atoms with van der Waals surface area (Å²) in [5.74, 6) is 0.782. The normalized spacial score (nSPS) is 19.5. The van der Waals surface area contributed by atoms with Gasteiger partial charge in [-0.05, 0) is 38.4 Å². The molecule has 3 heteroatoms. The van der Waals surface area contributed by atoms with Crippen LogP contribution in [0.5, 0.6) is 0 Å². The number of hydrogen-bond donors (Lipinski definition) is 2. The van der Waals surface area contributed by atoms with Crippen LogP contribution < -0.4 is 5.32 Å². The van der Waals surface area contributed by atoms with Gasteiger partial charge in [-0.2, -0.15) is 0 Å². The lowest BCUT2D eigenvalue weighted by Gasteiger charge is -2.07. The number of para-hydroxylation sites is 1. The van der Waals surface area contributed by atoms with Crippen molar-refractivity contribution >= 4 is 16.7 Å². The molecular formula is C15H18N2O. The van der Waals surface area contributed by atoms with Crippen LogP contribution in [0.3, 0.4) is 0 Å². The summed E-state index contributed by atoms with van der Waals surface area (Å²) in [7, 11) is 0. The Morgan fingerprint density at radius 2 is 2.22 bits per heavy atom. The topological polar surface area (TPSA) is 44.9 Å². The van der Waals surface area contributed by atoms with Crippen molar-refractivity contribution in [3.8, 4) is 0 Å². The highest BCUT2D eigenvalue weighted by Crippen LogP contribution is 2.25. The third kappa shape index (κ3) is 1.95. The Labute approximate surface area is 107 Å². The molecule has 0 spiro atoms. The highest BCUT2D eigenvalue weighted by molar-refractivity contribution is 6.09. The average Bonchev–Trinajstić information content (AvgIpc) is 2.94. The molecule has 1 aromatic carbocycles. The molecule has 1 unspecified atom stereocenters. The summed E-state index contributed by atoms with van der Waals surface area (Å²) in [4.78, 5) is 15.7. The molecule has 94 valence electrons. The molecule has 1 aromatic heterocycles. The van der Waals surface area contributed by atoms with Gasteiger partial charge in [-0.15, -0.1) is 0 Å². The van der Waals surface area contributed by atoms with E-state index < -0.39 is 0 Å². The Morgan fingerprint density at radius 3 is 3.00 bits per heavy atom. The van der Waals surface area contributed by atoms with Crippen molar-refractivity contribution in [2.75, 3.05) is 13.1 Å². The van der Waals surface area contributed by atoms with Crippen LogP contribution >= 0.6 is 0 Å². The number of aryl methyl sites for hydroxylation is 1. The van der Waals surface area contributed by atoms with Crippen LogP contribution in [0.1, 0.15) is 28.9 Å². The van der Waals surface area contributed by atoms with Crippen molar-refractivity contribution < 1.29 is 4.79 Å².